The van der Waals surface area contributed by atoms with Gasteiger partial charge >= 0.3 is 6.09 Å². The number of rotatable bonds is 5. The Morgan fingerprint density at radius 2 is 1.89 bits per heavy atom. The Balaban J connectivity index is 0.00000361. The van der Waals surface area contributed by atoms with Crippen LogP contribution in [0.5, 0.6) is 5.75 Å². The smallest absolute Gasteiger partial charge is 0.407 e. The van der Waals surface area contributed by atoms with E-state index in [4.69, 9.17) is 9.47 Å². The summed E-state index contributed by atoms with van der Waals surface area (Å²) in [6.45, 7) is 8.67. The van der Waals surface area contributed by atoms with Crippen molar-refractivity contribution >= 4 is 6.09 Å². The van der Waals surface area contributed by atoms with Crippen LogP contribution in [0.1, 0.15) is 34.2 Å². The quantitative estimate of drug-likeness (QED) is 0.830. The molecular weight excluding hydrogens is 242 g/mol. The summed E-state index contributed by atoms with van der Waals surface area (Å²) in [5.41, 5.74) is 0.751. The fraction of sp³-hybridized carbons (Fsp3) is 0.533. The SMILES string of the molecule is Cc1ccc(OCCCNC(=O)OC(C)(C)C)cc1.[HH]. The Kier molecular flexibility index (Phi) is 5.67. The minimum atomic E-state index is -0.456. The molecule has 1 rings (SSSR count). The Labute approximate surface area is 116 Å². The first-order valence-electron chi connectivity index (χ1n) is 6.53. The van der Waals surface area contributed by atoms with Gasteiger partial charge in [0, 0.05) is 7.97 Å². The third-order valence-electron chi connectivity index (χ3n) is 2.28. The summed E-state index contributed by atoms with van der Waals surface area (Å²) in [7, 11) is 0. The predicted molar refractivity (Wildman–Crippen MR) is 77.6 cm³/mol. The molecule has 1 aromatic rings. The van der Waals surface area contributed by atoms with Crippen molar-refractivity contribution in [1.82, 2.24) is 5.32 Å². The fourth-order valence-corrected chi connectivity index (χ4v) is 1.40. The van der Waals surface area contributed by atoms with E-state index in [1.807, 2.05) is 52.0 Å². The highest BCUT2D eigenvalue weighted by atomic mass is 16.6. The summed E-state index contributed by atoms with van der Waals surface area (Å²) in [5.74, 6) is 0.850. The molecule has 0 aliphatic rings. The predicted octanol–water partition coefficient (Wildman–Crippen LogP) is 3.53. The van der Waals surface area contributed by atoms with Gasteiger partial charge in [-0.25, -0.2) is 4.79 Å². The zero-order chi connectivity index (χ0) is 14.3. The first-order chi connectivity index (χ1) is 8.87. The van der Waals surface area contributed by atoms with Gasteiger partial charge in [0.15, 0.2) is 0 Å². The van der Waals surface area contributed by atoms with Gasteiger partial charge in [0.25, 0.3) is 0 Å². The van der Waals surface area contributed by atoms with E-state index in [1.54, 1.807) is 0 Å². The maximum atomic E-state index is 11.4. The molecule has 0 aromatic heterocycles. The van der Waals surface area contributed by atoms with Crippen molar-refractivity contribution in [3.8, 4) is 5.75 Å². The number of carbonyl (C=O) groups excluding carboxylic acids is 1. The second-order valence-electron chi connectivity index (χ2n) is 5.44. The number of aryl methyl sites for hydroxylation is 1. The molecule has 0 unspecified atom stereocenters. The summed E-state index contributed by atoms with van der Waals surface area (Å²) in [6.07, 6.45) is 0.357. The van der Waals surface area contributed by atoms with Gasteiger partial charge in [-0.05, 0) is 46.2 Å². The summed E-state index contributed by atoms with van der Waals surface area (Å²) >= 11 is 0. The van der Waals surface area contributed by atoms with Gasteiger partial charge in [-0.1, -0.05) is 17.7 Å². The molecule has 4 heteroatoms. The van der Waals surface area contributed by atoms with E-state index in [1.165, 1.54) is 5.56 Å². The van der Waals surface area contributed by atoms with Crippen molar-refractivity contribution in [3.05, 3.63) is 29.8 Å². The summed E-state index contributed by atoms with van der Waals surface area (Å²) < 4.78 is 10.7. The van der Waals surface area contributed by atoms with Crippen LogP contribution in [0.25, 0.3) is 0 Å². The first kappa shape index (κ1) is 15.3. The molecule has 0 spiro atoms. The molecule has 0 saturated heterocycles. The molecule has 0 bridgehead atoms. The normalized spacial score (nSPS) is 10.9. The Morgan fingerprint density at radius 3 is 2.47 bits per heavy atom. The van der Waals surface area contributed by atoms with E-state index in [2.05, 4.69) is 5.32 Å². The second kappa shape index (κ2) is 7.02. The van der Waals surface area contributed by atoms with Gasteiger partial charge in [-0.3, -0.25) is 0 Å². The molecule has 4 nitrogen and oxygen atoms in total. The van der Waals surface area contributed by atoms with Gasteiger partial charge in [0.2, 0.25) is 0 Å². The number of benzene rings is 1. The fourth-order valence-electron chi connectivity index (χ4n) is 1.40. The molecular formula is C15H25NO3. The third kappa shape index (κ3) is 7.34. The van der Waals surface area contributed by atoms with Crippen molar-refractivity contribution in [3.63, 3.8) is 0 Å². The van der Waals surface area contributed by atoms with E-state index in [0.29, 0.717) is 13.2 Å². The molecule has 0 heterocycles. The monoisotopic (exact) mass is 267 g/mol. The van der Waals surface area contributed by atoms with Gasteiger partial charge < -0.3 is 14.8 Å². The molecule has 108 valence electrons. The lowest BCUT2D eigenvalue weighted by Gasteiger charge is -2.19. The molecule has 0 fully saturated rings. The van der Waals surface area contributed by atoms with Gasteiger partial charge in [0.1, 0.15) is 11.4 Å². The Bertz CT molecular complexity index is 399. The number of hydrogen-bond donors (Lipinski definition) is 1. The van der Waals surface area contributed by atoms with Crippen molar-refractivity contribution in [2.24, 2.45) is 0 Å². The zero-order valence-corrected chi connectivity index (χ0v) is 12.2. The number of ether oxygens (including phenoxy) is 2. The van der Waals surface area contributed by atoms with Crippen molar-refractivity contribution in [1.29, 1.82) is 0 Å². The Morgan fingerprint density at radius 1 is 1.26 bits per heavy atom. The lowest BCUT2D eigenvalue weighted by atomic mass is 10.2. The second-order valence-corrected chi connectivity index (χ2v) is 5.44. The Hall–Kier alpha value is -1.71. The highest BCUT2D eigenvalue weighted by molar-refractivity contribution is 5.67. The molecule has 0 radical (unpaired) electrons. The van der Waals surface area contributed by atoms with Crippen LogP contribution in [-0.2, 0) is 4.74 Å². The van der Waals surface area contributed by atoms with E-state index in [-0.39, 0.29) is 7.52 Å². The molecule has 1 aromatic carbocycles. The minimum absolute atomic E-state index is 0. The van der Waals surface area contributed by atoms with Crippen molar-refractivity contribution in [2.45, 2.75) is 39.7 Å². The largest absolute Gasteiger partial charge is 0.494 e. The van der Waals surface area contributed by atoms with Crippen LogP contribution in [0.3, 0.4) is 0 Å². The number of alkyl carbamates (subject to hydrolysis) is 1. The van der Waals surface area contributed by atoms with Crippen molar-refractivity contribution < 1.29 is 15.7 Å². The van der Waals surface area contributed by atoms with Gasteiger partial charge in [0.05, 0.1) is 6.61 Å². The standard InChI is InChI=1S/C15H23NO3.H2/c1-12-6-8-13(9-7-12)18-11-5-10-16-14(17)19-15(2,3)4;/h6-9H,5,10-11H2,1-4H3,(H,16,17);1H. The summed E-state index contributed by atoms with van der Waals surface area (Å²) in [6, 6.07) is 7.90. The molecule has 0 aliphatic carbocycles. The van der Waals surface area contributed by atoms with Crippen LogP contribution in [0, 0.1) is 6.92 Å². The minimum Gasteiger partial charge on any atom is -0.494 e. The van der Waals surface area contributed by atoms with Crippen LogP contribution < -0.4 is 10.1 Å². The number of amides is 1. The van der Waals surface area contributed by atoms with E-state index in [0.717, 1.165) is 12.2 Å². The molecule has 1 N–H and O–H groups in total. The van der Waals surface area contributed by atoms with Crippen LogP contribution in [0.2, 0.25) is 0 Å². The number of nitrogens with one attached hydrogen (secondary N) is 1. The molecule has 1 amide bonds. The zero-order valence-electron chi connectivity index (χ0n) is 12.2. The van der Waals surface area contributed by atoms with E-state index >= 15 is 0 Å². The lowest BCUT2D eigenvalue weighted by molar-refractivity contribution is 0.0525. The molecule has 19 heavy (non-hydrogen) atoms. The first-order valence-corrected chi connectivity index (χ1v) is 6.53. The van der Waals surface area contributed by atoms with Gasteiger partial charge in [-0.2, -0.15) is 0 Å². The number of hydrogen-bond acceptors (Lipinski definition) is 3. The summed E-state index contributed by atoms with van der Waals surface area (Å²) in [5, 5.41) is 2.69. The lowest BCUT2D eigenvalue weighted by Crippen LogP contribution is -2.33. The molecule has 0 atom stereocenters. The topological polar surface area (TPSA) is 47.6 Å². The van der Waals surface area contributed by atoms with Crippen LogP contribution >= 0.6 is 0 Å². The third-order valence-corrected chi connectivity index (χ3v) is 2.28. The maximum absolute atomic E-state index is 11.4. The van der Waals surface area contributed by atoms with Crippen molar-refractivity contribution in [2.75, 3.05) is 13.2 Å². The average Bonchev–Trinajstić information content (AvgIpc) is 2.29. The van der Waals surface area contributed by atoms with E-state index in [9.17, 15) is 4.79 Å². The van der Waals surface area contributed by atoms with E-state index < -0.39 is 5.60 Å². The molecule has 0 aliphatic heterocycles. The van der Waals surface area contributed by atoms with Crippen LogP contribution in [-0.4, -0.2) is 24.8 Å². The van der Waals surface area contributed by atoms with Crippen LogP contribution in [0.4, 0.5) is 4.79 Å². The average molecular weight is 267 g/mol. The van der Waals surface area contributed by atoms with Crippen LogP contribution in [0.15, 0.2) is 24.3 Å². The highest BCUT2D eigenvalue weighted by Gasteiger charge is 2.15. The maximum Gasteiger partial charge on any atom is 0.407 e. The summed E-state index contributed by atoms with van der Waals surface area (Å²) in [4.78, 5) is 11.4. The van der Waals surface area contributed by atoms with Gasteiger partial charge in [-0.15, -0.1) is 0 Å². The molecule has 0 saturated carbocycles. The number of carbonyl (C=O) groups is 1. The highest BCUT2D eigenvalue weighted by Crippen LogP contribution is 2.11.